The molecule has 3 nitrogen and oxygen atoms in total. The Morgan fingerprint density at radius 3 is 2.60 bits per heavy atom. The molecule has 4 rings (SSSR count). The Morgan fingerprint density at radius 1 is 1.25 bits per heavy atom. The zero-order valence-corrected chi connectivity index (χ0v) is 12.5. The van der Waals surface area contributed by atoms with E-state index < -0.39 is 5.60 Å². The van der Waals surface area contributed by atoms with E-state index in [2.05, 4.69) is 31.3 Å². The van der Waals surface area contributed by atoms with Gasteiger partial charge in [0.2, 0.25) is 0 Å². The second-order valence-corrected chi connectivity index (χ2v) is 7.23. The average Bonchev–Trinajstić information content (AvgIpc) is 2.42. The van der Waals surface area contributed by atoms with Crippen LogP contribution in [0.2, 0.25) is 0 Å². The maximum atomic E-state index is 11.1. The second-order valence-electron chi connectivity index (χ2n) is 7.23. The van der Waals surface area contributed by atoms with Gasteiger partial charge in [0.15, 0.2) is 0 Å². The van der Waals surface area contributed by atoms with E-state index in [9.17, 15) is 5.11 Å². The highest BCUT2D eigenvalue weighted by Crippen LogP contribution is 2.62. The molecule has 20 heavy (non-hydrogen) atoms. The summed E-state index contributed by atoms with van der Waals surface area (Å²) in [5.74, 6) is 1.02. The Kier molecular flexibility index (Phi) is 3.39. The van der Waals surface area contributed by atoms with Crippen LogP contribution >= 0.6 is 0 Å². The van der Waals surface area contributed by atoms with Crippen LogP contribution in [-0.2, 0) is 6.54 Å². The van der Waals surface area contributed by atoms with Gasteiger partial charge in [-0.05, 0) is 35.7 Å². The van der Waals surface area contributed by atoms with Gasteiger partial charge in [-0.3, -0.25) is 0 Å². The fourth-order valence-electron chi connectivity index (χ4n) is 4.29. The summed E-state index contributed by atoms with van der Waals surface area (Å²) in [5.41, 5.74) is 6.96. The summed E-state index contributed by atoms with van der Waals surface area (Å²) in [4.78, 5) is 0. The number of rotatable bonds is 4. The van der Waals surface area contributed by atoms with Crippen molar-refractivity contribution in [1.82, 2.24) is 5.32 Å². The summed E-state index contributed by atoms with van der Waals surface area (Å²) in [7, 11) is 0. The van der Waals surface area contributed by atoms with E-state index >= 15 is 0 Å². The van der Waals surface area contributed by atoms with E-state index in [1.165, 1.54) is 5.56 Å². The van der Waals surface area contributed by atoms with Crippen LogP contribution in [0.3, 0.4) is 0 Å². The Balaban J connectivity index is 1.63. The van der Waals surface area contributed by atoms with Crippen molar-refractivity contribution < 1.29 is 5.11 Å². The van der Waals surface area contributed by atoms with Gasteiger partial charge < -0.3 is 16.2 Å². The van der Waals surface area contributed by atoms with Crippen molar-refractivity contribution in [2.75, 3.05) is 6.54 Å². The molecule has 4 N–H and O–H groups in total. The zero-order chi connectivity index (χ0) is 14.4. The highest BCUT2D eigenvalue weighted by atomic mass is 16.3. The highest BCUT2D eigenvalue weighted by Gasteiger charge is 2.63. The Morgan fingerprint density at radius 2 is 1.95 bits per heavy atom. The van der Waals surface area contributed by atoms with Crippen LogP contribution in [0.1, 0.15) is 32.3 Å². The number of benzene rings is 1. The molecule has 3 aliphatic rings. The smallest absolute Gasteiger partial charge is 0.0954 e. The molecule has 0 unspecified atom stereocenters. The SMILES string of the molecule is CC1(C)[C@@H]2C[C@H]1[C@](O)(CNCc1ccccc1)[C@@H](N)C2. The largest absolute Gasteiger partial charge is 0.387 e. The minimum atomic E-state index is -0.757. The number of nitrogens with one attached hydrogen (secondary N) is 1. The molecule has 1 aromatic rings. The first-order chi connectivity index (χ1) is 9.44. The third-order valence-corrected chi connectivity index (χ3v) is 5.83. The molecule has 4 atom stereocenters. The van der Waals surface area contributed by atoms with E-state index in [4.69, 9.17) is 5.73 Å². The van der Waals surface area contributed by atoms with E-state index in [0.29, 0.717) is 18.4 Å². The molecule has 3 fully saturated rings. The Labute approximate surface area is 121 Å². The van der Waals surface area contributed by atoms with Crippen LogP contribution in [-0.4, -0.2) is 23.3 Å². The van der Waals surface area contributed by atoms with Gasteiger partial charge in [0.05, 0.1) is 5.60 Å². The molecule has 0 aliphatic heterocycles. The van der Waals surface area contributed by atoms with Crippen molar-refractivity contribution >= 4 is 0 Å². The van der Waals surface area contributed by atoms with Gasteiger partial charge in [-0.25, -0.2) is 0 Å². The lowest BCUT2D eigenvalue weighted by Gasteiger charge is -2.65. The van der Waals surface area contributed by atoms with Gasteiger partial charge in [0.1, 0.15) is 0 Å². The molecular formula is C17H26N2O. The second kappa shape index (κ2) is 4.83. The maximum Gasteiger partial charge on any atom is 0.0954 e. The molecule has 1 aromatic carbocycles. The quantitative estimate of drug-likeness (QED) is 0.786. The number of fused-ring (bicyclic) bond motifs is 2. The van der Waals surface area contributed by atoms with Crippen molar-refractivity contribution in [2.24, 2.45) is 23.0 Å². The van der Waals surface area contributed by atoms with E-state index in [1.54, 1.807) is 0 Å². The summed E-state index contributed by atoms with van der Waals surface area (Å²) in [5, 5.41) is 14.5. The lowest BCUT2D eigenvalue weighted by molar-refractivity contribution is -0.209. The summed E-state index contributed by atoms with van der Waals surface area (Å²) < 4.78 is 0. The molecule has 3 heteroatoms. The summed E-state index contributed by atoms with van der Waals surface area (Å²) in [6.45, 7) is 5.93. The molecular weight excluding hydrogens is 248 g/mol. The molecule has 0 heterocycles. The molecule has 3 saturated carbocycles. The summed E-state index contributed by atoms with van der Waals surface area (Å²) in [6.07, 6.45) is 2.08. The van der Waals surface area contributed by atoms with Gasteiger partial charge in [-0.1, -0.05) is 44.2 Å². The predicted molar refractivity (Wildman–Crippen MR) is 81.1 cm³/mol. The van der Waals surface area contributed by atoms with E-state index in [-0.39, 0.29) is 11.5 Å². The first kappa shape index (κ1) is 14.1. The van der Waals surface area contributed by atoms with Gasteiger partial charge >= 0.3 is 0 Å². The van der Waals surface area contributed by atoms with Gasteiger partial charge in [0, 0.05) is 19.1 Å². The fraction of sp³-hybridized carbons (Fsp3) is 0.647. The molecule has 110 valence electrons. The number of aliphatic hydroxyl groups is 1. The first-order valence-corrected chi connectivity index (χ1v) is 7.67. The monoisotopic (exact) mass is 274 g/mol. The molecule has 3 aliphatic carbocycles. The lowest BCUT2D eigenvalue weighted by atomic mass is 9.43. The van der Waals surface area contributed by atoms with Crippen molar-refractivity contribution in [3.8, 4) is 0 Å². The fourth-order valence-corrected chi connectivity index (χ4v) is 4.29. The minimum absolute atomic E-state index is 0.0949. The van der Waals surface area contributed by atoms with Crippen LogP contribution in [0.25, 0.3) is 0 Å². The minimum Gasteiger partial charge on any atom is -0.387 e. The highest BCUT2D eigenvalue weighted by molar-refractivity contribution is 5.17. The van der Waals surface area contributed by atoms with E-state index in [1.807, 2.05) is 18.2 Å². The van der Waals surface area contributed by atoms with Crippen LogP contribution in [0.5, 0.6) is 0 Å². The van der Waals surface area contributed by atoms with Gasteiger partial charge in [-0.2, -0.15) is 0 Å². The third kappa shape index (κ3) is 2.09. The van der Waals surface area contributed by atoms with Crippen LogP contribution in [0.4, 0.5) is 0 Å². The van der Waals surface area contributed by atoms with Crippen molar-refractivity contribution in [1.29, 1.82) is 0 Å². The van der Waals surface area contributed by atoms with E-state index in [0.717, 1.165) is 19.4 Å². The number of hydrogen-bond donors (Lipinski definition) is 3. The Bertz CT molecular complexity index is 473. The lowest BCUT2D eigenvalue weighted by Crippen LogP contribution is -2.72. The van der Waals surface area contributed by atoms with Gasteiger partial charge in [-0.15, -0.1) is 0 Å². The molecule has 0 spiro atoms. The molecule has 0 saturated heterocycles. The summed E-state index contributed by atoms with van der Waals surface area (Å²) in [6, 6.07) is 10.2. The molecule has 0 aromatic heterocycles. The zero-order valence-electron chi connectivity index (χ0n) is 12.5. The van der Waals surface area contributed by atoms with Crippen molar-refractivity contribution in [3.63, 3.8) is 0 Å². The van der Waals surface area contributed by atoms with Gasteiger partial charge in [0.25, 0.3) is 0 Å². The third-order valence-electron chi connectivity index (χ3n) is 5.83. The van der Waals surface area contributed by atoms with Crippen molar-refractivity contribution in [2.45, 2.75) is 44.9 Å². The standard InChI is InChI=1S/C17H26N2O/c1-16(2)13-8-14(16)17(20,15(18)9-13)11-19-10-12-6-4-3-5-7-12/h3-7,13-15,19-20H,8-11,18H2,1-2H3/t13-,14-,15+,17-/m1/s1. The number of nitrogens with two attached hydrogens (primary N) is 1. The van der Waals surface area contributed by atoms with Crippen LogP contribution < -0.4 is 11.1 Å². The molecule has 0 amide bonds. The Hall–Kier alpha value is -0.900. The van der Waals surface area contributed by atoms with Crippen LogP contribution in [0.15, 0.2) is 30.3 Å². The molecule has 2 bridgehead atoms. The average molecular weight is 274 g/mol. The number of hydrogen-bond acceptors (Lipinski definition) is 3. The maximum absolute atomic E-state index is 11.1. The summed E-state index contributed by atoms with van der Waals surface area (Å²) >= 11 is 0. The first-order valence-electron chi connectivity index (χ1n) is 7.67. The van der Waals surface area contributed by atoms with Crippen LogP contribution in [0, 0.1) is 17.3 Å². The predicted octanol–water partition coefficient (Wildman–Crippen LogP) is 1.90. The normalized spacial score (nSPS) is 38.3. The topological polar surface area (TPSA) is 58.3 Å². The van der Waals surface area contributed by atoms with Crippen molar-refractivity contribution in [3.05, 3.63) is 35.9 Å². The molecule has 0 radical (unpaired) electrons.